The normalized spacial score (nSPS) is 28.5. The SMILES string of the molecule is CC(=O)N1CCN(C2CCC(=O)C2)CC1. The van der Waals surface area contributed by atoms with Gasteiger partial charge in [-0.05, 0) is 6.42 Å². The van der Waals surface area contributed by atoms with Crippen molar-refractivity contribution >= 4 is 11.7 Å². The van der Waals surface area contributed by atoms with Gasteiger partial charge >= 0.3 is 0 Å². The Labute approximate surface area is 90.2 Å². The summed E-state index contributed by atoms with van der Waals surface area (Å²) >= 11 is 0. The Morgan fingerprint density at radius 3 is 2.40 bits per heavy atom. The van der Waals surface area contributed by atoms with Gasteiger partial charge in [-0.15, -0.1) is 0 Å². The molecule has 1 heterocycles. The number of piperazine rings is 1. The molecule has 2 aliphatic rings. The quantitative estimate of drug-likeness (QED) is 0.624. The number of hydrogen-bond donors (Lipinski definition) is 0. The molecule has 1 saturated heterocycles. The zero-order chi connectivity index (χ0) is 10.8. The summed E-state index contributed by atoms with van der Waals surface area (Å²) in [4.78, 5) is 26.6. The molecule has 15 heavy (non-hydrogen) atoms. The van der Waals surface area contributed by atoms with E-state index in [9.17, 15) is 9.59 Å². The summed E-state index contributed by atoms with van der Waals surface area (Å²) in [5, 5.41) is 0. The van der Waals surface area contributed by atoms with Crippen LogP contribution in [0, 0.1) is 0 Å². The van der Waals surface area contributed by atoms with Crippen LogP contribution in [0.4, 0.5) is 0 Å². The standard InChI is InChI=1S/C11H18N2O2/c1-9(14)12-4-6-13(7-5-12)10-2-3-11(15)8-10/h10H,2-8H2,1H3. The van der Waals surface area contributed by atoms with Gasteiger partial charge in [0.1, 0.15) is 5.78 Å². The molecule has 0 spiro atoms. The number of rotatable bonds is 1. The van der Waals surface area contributed by atoms with Crippen LogP contribution in [0.3, 0.4) is 0 Å². The minimum Gasteiger partial charge on any atom is -0.340 e. The first-order valence-corrected chi connectivity index (χ1v) is 5.68. The molecule has 1 aliphatic heterocycles. The number of ketones is 1. The van der Waals surface area contributed by atoms with Crippen molar-refractivity contribution in [2.24, 2.45) is 0 Å². The van der Waals surface area contributed by atoms with Gasteiger partial charge in [0.15, 0.2) is 0 Å². The van der Waals surface area contributed by atoms with E-state index in [0.29, 0.717) is 11.8 Å². The first kappa shape index (κ1) is 10.6. The maximum atomic E-state index is 11.2. The molecule has 0 aromatic heterocycles. The fraction of sp³-hybridized carbons (Fsp3) is 0.818. The van der Waals surface area contributed by atoms with Crippen molar-refractivity contribution in [2.45, 2.75) is 32.2 Å². The average Bonchev–Trinajstić information content (AvgIpc) is 2.65. The van der Waals surface area contributed by atoms with Gasteiger partial charge in [0.05, 0.1) is 0 Å². The van der Waals surface area contributed by atoms with Gasteiger partial charge in [-0.2, -0.15) is 0 Å². The lowest BCUT2D eigenvalue weighted by Gasteiger charge is -2.37. The van der Waals surface area contributed by atoms with E-state index in [1.54, 1.807) is 6.92 Å². The second-order valence-electron chi connectivity index (χ2n) is 4.48. The molecule has 2 rings (SSSR count). The number of carbonyl (C=O) groups excluding carboxylic acids is 2. The van der Waals surface area contributed by atoms with Gasteiger partial charge in [0.25, 0.3) is 0 Å². The van der Waals surface area contributed by atoms with Crippen LogP contribution >= 0.6 is 0 Å². The molecule has 0 bridgehead atoms. The minimum absolute atomic E-state index is 0.164. The third-order valence-electron chi connectivity index (χ3n) is 3.50. The fourth-order valence-corrected chi connectivity index (χ4v) is 2.51. The molecular formula is C11H18N2O2. The van der Waals surface area contributed by atoms with E-state index in [4.69, 9.17) is 0 Å². The molecule has 0 radical (unpaired) electrons. The van der Waals surface area contributed by atoms with Gasteiger partial charge in [0, 0.05) is 52.0 Å². The Morgan fingerprint density at radius 2 is 1.93 bits per heavy atom. The lowest BCUT2D eigenvalue weighted by molar-refractivity contribution is -0.131. The van der Waals surface area contributed by atoms with Crippen molar-refractivity contribution in [1.29, 1.82) is 0 Å². The highest BCUT2D eigenvalue weighted by Crippen LogP contribution is 2.21. The molecular weight excluding hydrogens is 192 g/mol. The Hall–Kier alpha value is -0.900. The van der Waals surface area contributed by atoms with Crippen LogP contribution in [0.5, 0.6) is 0 Å². The van der Waals surface area contributed by atoms with E-state index in [-0.39, 0.29) is 5.91 Å². The molecule has 1 aliphatic carbocycles. The van der Waals surface area contributed by atoms with Crippen LogP contribution in [0.2, 0.25) is 0 Å². The summed E-state index contributed by atoms with van der Waals surface area (Å²) in [6, 6.07) is 0.451. The third kappa shape index (κ3) is 2.37. The average molecular weight is 210 g/mol. The van der Waals surface area contributed by atoms with E-state index in [2.05, 4.69) is 4.90 Å². The molecule has 1 atom stereocenters. The molecule has 0 aromatic carbocycles. The largest absolute Gasteiger partial charge is 0.340 e. The topological polar surface area (TPSA) is 40.6 Å². The summed E-state index contributed by atoms with van der Waals surface area (Å²) in [5.74, 6) is 0.561. The molecule has 84 valence electrons. The van der Waals surface area contributed by atoms with Crippen LogP contribution in [0.25, 0.3) is 0 Å². The first-order chi connectivity index (χ1) is 7.16. The fourth-order valence-electron chi connectivity index (χ4n) is 2.51. The molecule has 2 fully saturated rings. The highest BCUT2D eigenvalue weighted by Gasteiger charge is 2.30. The monoisotopic (exact) mass is 210 g/mol. The molecule has 4 nitrogen and oxygen atoms in total. The Morgan fingerprint density at radius 1 is 1.27 bits per heavy atom. The molecule has 0 aromatic rings. The summed E-state index contributed by atoms with van der Waals surface area (Å²) in [5.41, 5.74) is 0. The molecule has 1 saturated carbocycles. The summed E-state index contributed by atoms with van der Waals surface area (Å²) < 4.78 is 0. The summed E-state index contributed by atoms with van der Waals surface area (Å²) in [6.45, 7) is 5.11. The van der Waals surface area contributed by atoms with Gasteiger partial charge in [-0.1, -0.05) is 0 Å². The van der Waals surface area contributed by atoms with Gasteiger partial charge in [-0.25, -0.2) is 0 Å². The maximum Gasteiger partial charge on any atom is 0.219 e. The van der Waals surface area contributed by atoms with E-state index >= 15 is 0 Å². The minimum atomic E-state index is 0.164. The lowest BCUT2D eigenvalue weighted by atomic mass is 10.2. The molecule has 4 heteroatoms. The van der Waals surface area contributed by atoms with Crippen molar-refractivity contribution in [2.75, 3.05) is 26.2 Å². The van der Waals surface area contributed by atoms with Crippen LogP contribution in [0.1, 0.15) is 26.2 Å². The number of amides is 1. The highest BCUT2D eigenvalue weighted by atomic mass is 16.2. The van der Waals surface area contributed by atoms with Crippen molar-refractivity contribution in [3.05, 3.63) is 0 Å². The van der Waals surface area contributed by atoms with E-state index in [1.165, 1.54) is 0 Å². The summed E-state index contributed by atoms with van der Waals surface area (Å²) in [6.07, 6.45) is 2.48. The van der Waals surface area contributed by atoms with Crippen molar-refractivity contribution in [3.63, 3.8) is 0 Å². The smallest absolute Gasteiger partial charge is 0.219 e. The first-order valence-electron chi connectivity index (χ1n) is 5.68. The van der Waals surface area contributed by atoms with Crippen LogP contribution in [0.15, 0.2) is 0 Å². The number of nitrogens with zero attached hydrogens (tertiary/aromatic N) is 2. The second-order valence-corrected chi connectivity index (χ2v) is 4.48. The molecule has 0 N–H and O–H groups in total. The molecule has 1 unspecified atom stereocenters. The highest BCUT2D eigenvalue weighted by molar-refractivity contribution is 5.81. The Balaban J connectivity index is 1.83. The second kappa shape index (κ2) is 4.31. The number of carbonyl (C=O) groups is 2. The zero-order valence-electron chi connectivity index (χ0n) is 9.24. The number of Topliss-reactive ketones (excluding diaryl/α,β-unsaturated/α-hetero) is 1. The predicted octanol–water partition coefficient (Wildman–Crippen LogP) is 0.272. The van der Waals surface area contributed by atoms with Gasteiger partial charge < -0.3 is 4.90 Å². The lowest BCUT2D eigenvalue weighted by Crippen LogP contribution is -2.51. The van der Waals surface area contributed by atoms with Crippen LogP contribution < -0.4 is 0 Å². The third-order valence-corrected chi connectivity index (χ3v) is 3.50. The van der Waals surface area contributed by atoms with Crippen molar-refractivity contribution in [3.8, 4) is 0 Å². The summed E-state index contributed by atoms with van der Waals surface area (Å²) in [7, 11) is 0. The molecule has 1 amide bonds. The predicted molar refractivity (Wildman–Crippen MR) is 56.5 cm³/mol. The van der Waals surface area contributed by atoms with Crippen LogP contribution in [-0.2, 0) is 9.59 Å². The Bertz CT molecular complexity index is 270. The zero-order valence-corrected chi connectivity index (χ0v) is 9.24. The number of hydrogen-bond acceptors (Lipinski definition) is 3. The Kier molecular flexibility index (Phi) is 3.05. The maximum absolute atomic E-state index is 11.2. The van der Waals surface area contributed by atoms with Gasteiger partial charge in [0.2, 0.25) is 5.91 Å². The van der Waals surface area contributed by atoms with E-state index < -0.39 is 0 Å². The van der Waals surface area contributed by atoms with Crippen molar-refractivity contribution in [1.82, 2.24) is 9.80 Å². The van der Waals surface area contributed by atoms with Gasteiger partial charge in [-0.3, -0.25) is 14.5 Å². The van der Waals surface area contributed by atoms with E-state index in [0.717, 1.165) is 45.4 Å². The van der Waals surface area contributed by atoms with Crippen molar-refractivity contribution < 1.29 is 9.59 Å². The van der Waals surface area contributed by atoms with Crippen LogP contribution in [-0.4, -0.2) is 53.7 Å². The van der Waals surface area contributed by atoms with E-state index in [1.807, 2.05) is 4.90 Å².